The molecule has 0 aliphatic carbocycles. The van der Waals surface area contributed by atoms with Crippen LogP contribution in [0, 0.1) is 0 Å². The summed E-state index contributed by atoms with van der Waals surface area (Å²) in [4.78, 5) is 36.8. The van der Waals surface area contributed by atoms with Crippen molar-refractivity contribution in [3.63, 3.8) is 0 Å². The summed E-state index contributed by atoms with van der Waals surface area (Å²) in [5.74, 6) is -0.0919. The summed E-state index contributed by atoms with van der Waals surface area (Å²) in [6, 6.07) is 5.32. The minimum Gasteiger partial charge on any atom is -0.354 e. The van der Waals surface area contributed by atoms with Crippen molar-refractivity contribution in [2.75, 3.05) is 38.0 Å². The zero-order valence-electron chi connectivity index (χ0n) is 12.9. The third-order valence-electron chi connectivity index (χ3n) is 4.09. The van der Waals surface area contributed by atoms with Crippen LogP contribution in [0.5, 0.6) is 0 Å². The van der Waals surface area contributed by atoms with E-state index in [0.717, 1.165) is 17.8 Å². The monoisotopic (exact) mass is 316 g/mol. The second kappa shape index (κ2) is 6.78. The maximum atomic E-state index is 12.2. The number of aryl methyl sites for hydroxylation is 1. The molecule has 1 aromatic rings. The number of rotatable bonds is 4. The van der Waals surface area contributed by atoms with Crippen molar-refractivity contribution in [1.82, 2.24) is 15.5 Å². The van der Waals surface area contributed by atoms with E-state index in [0.29, 0.717) is 44.6 Å². The van der Waals surface area contributed by atoms with Crippen molar-refractivity contribution in [2.45, 2.75) is 12.8 Å². The third-order valence-corrected chi connectivity index (χ3v) is 4.09. The predicted molar refractivity (Wildman–Crippen MR) is 85.2 cm³/mol. The maximum absolute atomic E-state index is 12.2. The highest BCUT2D eigenvalue weighted by Crippen LogP contribution is 2.23. The molecule has 0 radical (unpaired) electrons. The molecule has 2 heterocycles. The molecule has 7 nitrogen and oxygen atoms in total. The van der Waals surface area contributed by atoms with Crippen molar-refractivity contribution in [3.8, 4) is 0 Å². The van der Waals surface area contributed by atoms with Gasteiger partial charge in [0, 0.05) is 43.9 Å². The Morgan fingerprint density at radius 1 is 1.22 bits per heavy atom. The van der Waals surface area contributed by atoms with Gasteiger partial charge in [-0.1, -0.05) is 0 Å². The fourth-order valence-electron chi connectivity index (χ4n) is 2.84. The molecule has 0 aromatic heterocycles. The van der Waals surface area contributed by atoms with Gasteiger partial charge < -0.3 is 16.0 Å². The van der Waals surface area contributed by atoms with Crippen molar-refractivity contribution in [3.05, 3.63) is 29.3 Å². The van der Waals surface area contributed by atoms with Crippen LogP contribution in [0.4, 0.5) is 5.69 Å². The first-order valence-electron chi connectivity index (χ1n) is 7.82. The van der Waals surface area contributed by atoms with E-state index >= 15 is 0 Å². The molecule has 0 bridgehead atoms. The van der Waals surface area contributed by atoms with Crippen LogP contribution in [0.25, 0.3) is 0 Å². The highest BCUT2D eigenvalue weighted by Gasteiger charge is 2.18. The van der Waals surface area contributed by atoms with Gasteiger partial charge in [-0.2, -0.15) is 0 Å². The number of hydrogen-bond donors (Lipinski definition) is 3. The van der Waals surface area contributed by atoms with Gasteiger partial charge in [0.2, 0.25) is 11.8 Å². The van der Waals surface area contributed by atoms with Gasteiger partial charge in [0.15, 0.2) is 0 Å². The number of piperazine rings is 1. The lowest BCUT2D eigenvalue weighted by Gasteiger charge is -2.26. The number of anilines is 1. The van der Waals surface area contributed by atoms with E-state index in [4.69, 9.17) is 0 Å². The lowest BCUT2D eigenvalue weighted by Crippen LogP contribution is -2.49. The third kappa shape index (κ3) is 3.87. The molecule has 1 saturated heterocycles. The Kier molecular flexibility index (Phi) is 4.57. The minimum absolute atomic E-state index is 0.0141. The molecule has 1 aromatic carbocycles. The Balaban J connectivity index is 1.52. The lowest BCUT2D eigenvalue weighted by molar-refractivity contribution is -0.124. The van der Waals surface area contributed by atoms with E-state index in [1.165, 1.54) is 0 Å². The first-order chi connectivity index (χ1) is 11.1. The molecule has 2 aliphatic heterocycles. The summed E-state index contributed by atoms with van der Waals surface area (Å²) < 4.78 is 0. The average Bonchev–Trinajstić information content (AvgIpc) is 2.54. The predicted octanol–water partition coefficient (Wildman–Crippen LogP) is -0.267. The maximum Gasteiger partial charge on any atom is 0.251 e. The van der Waals surface area contributed by atoms with E-state index < -0.39 is 0 Å². The Morgan fingerprint density at radius 2 is 2.09 bits per heavy atom. The van der Waals surface area contributed by atoms with Crippen LogP contribution in [-0.4, -0.2) is 55.3 Å². The van der Waals surface area contributed by atoms with Crippen molar-refractivity contribution >= 4 is 23.4 Å². The minimum atomic E-state index is -0.133. The number of amides is 3. The normalized spacial score (nSPS) is 17.9. The number of nitrogens with zero attached hydrogens (tertiary/aromatic N) is 1. The van der Waals surface area contributed by atoms with Crippen molar-refractivity contribution in [2.24, 2.45) is 0 Å². The number of carbonyl (C=O) groups is 3. The van der Waals surface area contributed by atoms with E-state index in [-0.39, 0.29) is 17.7 Å². The molecule has 2 aliphatic rings. The molecular formula is C16H20N4O3. The summed E-state index contributed by atoms with van der Waals surface area (Å²) in [5, 5.41) is 8.45. The van der Waals surface area contributed by atoms with E-state index in [1.807, 2.05) is 11.0 Å². The topological polar surface area (TPSA) is 90.5 Å². The van der Waals surface area contributed by atoms with Crippen LogP contribution in [0.15, 0.2) is 18.2 Å². The highest BCUT2D eigenvalue weighted by molar-refractivity contribution is 5.97. The second-order valence-corrected chi connectivity index (χ2v) is 5.80. The molecule has 0 saturated carbocycles. The summed E-state index contributed by atoms with van der Waals surface area (Å²) in [6.07, 6.45) is 1.11. The van der Waals surface area contributed by atoms with Gasteiger partial charge in [0.1, 0.15) is 0 Å². The number of hydrogen-bond acceptors (Lipinski definition) is 4. The molecule has 3 N–H and O–H groups in total. The molecule has 0 atom stereocenters. The van der Waals surface area contributed by atoms with Crippen LogP contribution in [0.1, 0.15) is 22.3 Å². The Bertz CT molecular complexity index is 644. The van der Waals surface area contributed by atoms with Crippen molar-refractivity contribution < 1.29 is 14.4 Å². The Labute approximate surface area is 134 Å². The van der Waals surface area contributed by atoms with Gasteiger partial charge in [-0.15, -0.1) is 0 Å². The zero-order chi connectivity index (χ0) is 16.2. The molecule has 7 heteroatoms. The molecular weight excluding hydrogens is 296 g/mol. The lowest BCUT2D eigenvalue weighted by atomic mass is 10.00. The first-order valence-corrected chi connectivity index (χ1v) is 7.82. The van der Waals surface area contributed by atoms with Crippen LogP contribution < -0.4 is 16.0 Å². The second-order valence-electron chi connectivity index (χ2n) is 5.80. The van der Waals surface area contributed by atoms with Crippen LogP contribution in [0.3, 0.4) is 0 Å². The highest BCUT2D eigenvalue weighted by atomic mass is 16.2. The van der Waals surface area contributed by atoms with Crippen molar-refractivity contribution in [1.29, 1.82) is 0 Å². The summed E-state index contributed by atoms with van der Waals surface area (Å²) in [6.45, 7) is 3.00. The standard InChI is InChI=1S/C16H20N4O3/c21-14-4-2-11-9-12(1-3-13(11)19-14)16(23)18-6-8-20-7-5-17-15(22)10-20/h1,3,9H,2,4-8,10H2,(H,17,22)(H,18,23)(H,19,21). The number of carbonyl (C=O) groups excluding carboxylic acids is 3. The van der Waals surface area contributed by atoms with Gasteiger partial charge in [-0.3, -0.25) is 19.3 Å². The van der Waals surface area contributed by atoms with Gasteiger partial charge in [0.25, 0.3) is 5.91 Å². The van der Waals surface area contributed by atoms with E-state index in [1.54, 1.807) is 12.1 Å². The average molecular weight is 316 g/mol. The quantitative estimate of drug-likeness (QED) is 0.713. The Morgan fingerprint density at radius 3 is 2.91 bits per heavy atom. The van der Waals surface area contributed by atoms with Crippen LogP contribution >= 0.6 is 0 Å². The number of nitrogens with one attached hydrogen (secondary N) is 3. The number of fused-ring (bicyclic) bond motifs is 1. The van der Waals surface area contributed by atoms with Gasteiger partial charge in [-0.05, 0) is 30.2 Å². The SMILES string of the molecule is O=C1CN(CCNC(=O)c2ccc3c(c2)CCC(=O)N3)CCN1. The van der Waals surface area contributed by atoms with Gasteiger partial charge >= 0.3 is 0 Å². The van der Waals surface area contributed by atoms with Crippen LogP contribution in [0.2, 0.25) is 0 Å². The van der Waals surface area contributed by atoms with Gasteiger partial charge in [0.05, 0.1) is 6.54 Å². The smallest absolute Gasteiger partial charge is 0.251 e. The Hall–Kier alpha value is -2.41. The summed E-state index contributed by atoms with van der Waals surface area (Å²) >= 11 is 0. The molecule has 1 fully saturated rings. The molecule has 0 spiro atoms. The first kappa shape index (κ1) is 15.5. The molecule has 3 rings (SSSR count). The molecule has 122 valence electrons. The zero-order valence-corrected chi connectivity index (χ0v) is 12.9. The van der Waals surface area contributed by atoms with E-state index in [9.17, 15) is 14.4 Å². The largest absolute Gasteiger partial charge is 0.354 e. The molecule has 3 amide bonds. The van der Waals surface area contributed by atoms with Crippen LogP contribution in [-0.2, 0) is 16.0 Å². The summed E-state index contributed by atoms with van der Waals surface area (Å²) in [5.41, 5.74) is 2.37. The summed E-state index contributed by atoms with van der Waals surface area (Å²) in [7, 11) is 0. The molecule has 23 heavy (non-hydrogen) atoms. The fourth-order valence-corrected chi connectivity index (χ4v) is 2.84. The van der Waals surface area contributed by atoms with Gasteiger partial charge in [-0.25, -0.2) is 0 Å². The van der Waals surface area contributed by atoms with E-state index in [2.05, 4.69) is 16.0 Å². The molecule has 0 unspecified atom stereocenters. The fraction of sp³-hybridized carbons (Fsp3) is 0.438. The number of benzene rings is 1.